The SMILES string of the molecule is CCN(C(=O)c1ccccc1Br)c1cccc(N)c1. The summed E-state index contributed by atoms with van der Waals surface area (Å²) in [7, 11) is 0. The molecule has 0 aromatic heterocycles. The van der Waals surface area contributed by atoms with Gasteiger partial charge in [-0.2, -0.15) is 0 Å². The summed E-state index contributed by atoms with van der Waals surface area (Å²) >= 11 is 3.41. The summed E-state index contributed by atoms with van der Waals surface area (Å²) in [6.07, 6.45) is 0. The fourth-order valence-electron chi connectivity index (χ4n) is 1.92. The molecule has 0 saturated carbocycles. The molecule has 0 heterocycles. The molecule has 4 heteroatoms. The van der Waals surface area contributed by atoms with Crippen molar-refractivity contribution in [1.29, 1.82) is 0 Å². The van der Waals surface area contributed by atoms with Gasteiger partial charge < -0.3 is 10.6 Å². The summed E-state index contributed by atoms with van der Waals surface area (Å²) in [6.45, 7) is 2.53. The quantitative estimate of drug-likeness (QED) is 0.877. The average molecular weight is 319 g/mol. The molecule has 3 nitrogen and oxygen atoms in total. The van der Waals surface area contributed by atoms with Gasteiger partial charge in [0.25, 0.3) is 5.91 Å². The zero-order valence-electron chi connectivity index (χ0n) is 10.6. The van der Waals surface area contributed by atoms with Gasteiger partial charge in [0.15, 0.2) is 0 Å². The van der Waals surface area contributed by atoms with Crippen LogP contribution in [-0.2, 0) is 0 Å². The first-order valence-electron chi connectivity index (χ1n) is 6.05. The lowest BCUT2D eigenvalue weighted by atomic mass is 10.1. The molecule has 2 rings (SSSR count). The van der Waals surface area contributed by atoms with E-state index in [1.54, 1.807) is 23.1 Å². The van der Waals surface area contributed by atoms with Gasteiger partial charge in [0, 0.05) is 22.4 Å². The molecule has 2 aromatic rings. The predicted molar refractivity (Wildman–Crippen MR) is 82.3 cm³/mol. The number of nitrogens with zero attached hydrogens (tertiary/aromatic N) is 1. The van der Waals surface area contributed by atoms with E-state index in [1.807, 2.05) is 37.3 Å². The molecule has 0 aliphatic heterocycles. The zero-order valence-corrected chi connectivity index (χ0v) is 12.2. The van der Waals surface area contributed by atoms with Crippen LogP contribution in [0.15, 0.2) is 53.0 Å². The smallest absolute Gasteiger partial charge is 0.259 e. The number of amides is 1. The van der Waals surface area contributed by atoms with E-state index < -0.39 is 0 Å². The molecule has 0 unspecified atom stereocenters. The lowest BCUT2D eigenvalue weighted by Gasteiger charge is -2.22. The number of rotatable bonds is 3. The van der Waals surface area contributed by atoms with Gasteiger partial charge in [0.05, 0.1) is 5.56 Å². The summed E-state index contributed by atoms with van der Waals surface area (Å²) < 4.78 is 0.794. The maximum atomic E-state index is 12.6. The number of halogens is 1. The number of carbonyl (C=O) groups is 1. The number of hydrogen-bond acceptors (Lipinski definition) is 2. The fraction of sp³-hybridized carbons (Fsp3) is 0.133. The van der Waals surface area contributed by atoms with Crippen LogP contribution in [0.25, 0.3) is 0 Å². The summed E-state index contributed by atoms with van der Waals surface area (Å²) in [4.78, 5) is 14.3. The number of hydrogen-bond donors (Lipinski definition) is 1. The second-order valence-corrected chi connectivity index (χ2v) is 4.98. The highest BCUT2D eigenvalue weighted by molar-refractivity contribution is 9.10. The molecular weight excluding hydrogens is 304 g/mol. The van der Waals surface area contributed by atoms with Gasteiger partial charge >= 0.3 is 0 Å². The van der Waals surface area contributed by atoms with Crippen LogP contribution in [0.3, 0.4) is 0 Å². The largest absolute Gasteiger partial charge is 0.399 e. The van der Waals surface area contributed by atoms with Crippen LogP contribution in [0.1, 0.15) is 17.3 Å². The Morgan fingerprint density at radius 3 is 2.58 bits per heavy atom. The van der Waals surface area contributed by atoms with Crippen molar-refractivity contribution >= 4 is 33.2 Å². The molecule has 0 radical (unpaired) electrons. The Morgan fingerprint density at radius 1 is 1.21 bits per heavy atom. The highest BCUT2D eigenvalue weighted by atomic mass is 79.9. The molecule has 1 amide bonds. The van der Waals surface area contributed by atoms with Gasteiger partial charge in [-0.15, -0.1) is 0 Å². The third kappa shape index (κ3) is 2.96. The van der Waals surface area contributed by atoms with Crippen molar-refractivity contribution in [1.82, 2.24) is 0 Å². The third-order valence-electron chi connectivity index (χ3n) is 2.85. The molecule has 2 aromatic carbocycles. The summed E-state index contributed by atoms with van der Waals surface area (Å²) in [6, 6.07) is 14.7. The van der Waals surface area contributed by atoms with Crippen molar-refractivity contribution in [2.45, 2.75) is 6.92 Å². The summed E-state index contributed by atoms with van der Waals surface area (Å²) in [5.74, 6) is -0.0411. The van der Waals surface area contributed by atoms with Crippen molar-refractivity contribution in [3.8, 4) is 0 Å². The van der Waals surface area contributed by atoms with E-state index in [0.29, 0.717) is 17.8 Å². The Kier molecular flexibility index (Phi) is 4.22. The van der Waals surface area contributed by atoms with E-state index >= 15 is 0 Å². The normalized spacial score (nSPS) is 10.2. The van der Waals surface area contributed by atoms with Crippen LogP contribution < -0.4 is 10.6 Å². The maximum absolute atomic E-state index is 12.6. The lowest BCUT2D eigenvalue weighted by molar-refractivity contribution is 0.0987. The standard InChI is InChI=1S/C15H15BrN2O/c1-2-18(12-7-5-6-11(17)10-12)15(19)13-8-3-4-9-14(13)16/h3-10H,2,17H2,1H3. The number of carbonyl (C=O) groups excluding carboxylic acids is 1. The van der Waals surface area contributed by atoms with Gasteiger partial charge in [-0.3, -0.25) is 4.79 Å². The molecule has 19 heavy (non-hydrogen) atoms. The molecule has 0 bridgehead atoms. The van der Waals surface area contributed by atoms with Crippen LogP contribution in [0.5, 0.6) is 0 Å². The van der Waals surface area contributed by atoms with E-state index in [9.17, 15) is 4.79 Å². The van der Waals surface area contributed by atoms with Crippen molar-refractivity contribution in [2.75, 3.05) is 17.2 Å². The summed E-state index contributed by atoms with van der Waals surface area (Å²) in [5, 5.41) is 0. The van der Waals surface area contributed by atoms with E-state index in [2.05, 4.69) is 15.9 Å². The van der Waals surface area contributed by atoms with Gasteiger partial charge in [0.2, 0.25) is 0 Å². The van der Waals surface area contributed by atoms with E-state index in [4.69, 9.17) is 5.73 Å². The van der Waals surface area contributed by atoms with Gasteiger partial charge in [-0.1, -0.05) is 18.2 Å². The Morgan fingerprint density at radius 2 is 1.95 bits per heavy atom. The lowest BCUT2D eigenvalue weighted by Crippen LogP contribution is -2.30. The molecular formula is C15H15BrN2O. The molecule has 2 N–H and O–H groups in total. The van der Waals surface area contributed by atoms with Crippen LogP contribution >= 0.6 is 15.9 Å². The molecule has 0 aliphatic carbocycles. The first kappa shape index (κ1) is 13.6. The van der Waals surface area contributed by atoms with Crippen molar-refractivity contribution < 1.29 is 4.79 Å². The second-order valence-electron chi connectivity index (χ2n) is 4.12. The minimum atomic E-state index is -0.0411. The highest BCUT2D eigenvalue weighted by Gasteiger charge is 2.18. The predicted octanol–water partition coefficient (Wildman–Crippen LogP) is 3.70. The van der Waals surface area contributed by atoms with Crippen molar-refractivity contribution in [3.05, 3.63) is 58.6 Å². The molecule has 0 fully saturated rings. The highest BCUT2D eigenvalue weighted by Crippen LogP contribution is 2.23. The molecule has 0 saturated heterocycles. The first-order chi connectivity index (χ1) is 9.13. The molecule has 98 valence electrons. The summed E-state index contributed by atoms with van der Waals surface area (Å²) in [5.41, 5.74) is 7.88. The first-order valence-corrected chi connectivity index (χ1v) is 6.84. The van der Waals surface area contributed by atoms with E-state index in [-0.39, 0.29) is 5.91 Å². The fourth-order valence-corrected chi connectivity index (χ4v) is 2.37. The van der Waals surface area contributed by atoms with Crippen LogP contribution in [0.4, 0.5) is 11.4 Å². The van der Waals surface area contributed by atoms with Gasteiger partial charge in [0.1, 0.15) is 0 Å². The Hall–Kier alpha value is -1.81. The number of nitrogens with two attached hydrogens (primary N) is 1. The van der Waals surface area contributed by atoms with Gasteiger partial charge in [-0.25, -0.2) is 0 Å². The Labute approximate surface area is 121 Å². The molecule has 0 aliphatic rings. The van der Waals surface area contributed by atoms with Crippen LogP contribution in [0, 0.1) is 0 Å². The molecule has 0 spiro atoms. The average Bonchev–Trinajstić information content (AvgIpc) is 2.40. The van der Waals surface area contributed by atoms with Crippen molar-refractivity contribution in [3.63, 3.8) is 0 Å². The Balaban J connectivity index is 2.38. The monoisotopic (exact) mass is 318 g/mol. The number of nitrogen functional groups attached to an aromatic ring is 1. The van der Waals surface area contributed by atoms with Crippen LogP contribution in [-0.4, -0.2) is 12.5 Å². The minimum Gasteiger partial charge on any atom is -0.399 e. The van der Waals surface area contributed by atoms with E-state index in [1.165, 1.54) is 0 Å². The molecule has 0 atom stereocenters. The Bertz CT molecular complexity index is 598. The second kappa shape index (κ2) is 5.89. The minimum absolute atomic E-state index is 0.0411. The van der Waals surface area contributed by atoms with Crippen LogP contribution in [0.2, 0.25) is 0 Å². The van der Waals surface area contributed by atoms with Crippen molar-refractivity contribution in [2.24, 2.45) is 0 Å². The number of benzene rings is 2. The zero-order chi connectivity index (χ0) is 13.8. The van der Waals surface area contributed by atoms with E-state index in [0.717, 1.165) is 10.2 Å². The topological polar surface area (TPSA) is 46.3 Å². The third-order valence-corrected chi connectivity index (χ3v) is 3.54. The number of anilines is 2. The maximum Gasteiger partial charge on any atom is 0.259 e. The van der Waals surface area contributed by atoms with Gasteiger partial charge in [-0.05, 0) is 53.2 Å².